The van der Waals surface area contributed by atoms with Gasteiger partial charge in [0.2, 0.25) is 5.91 Å². The van der Waals surface area contributed by atoms with Crippen LogP contribution in [0.1, 0.15) is 26.0 Å². The minimum absolute atomic E-state index is 0.129. The summed E-state index contributed by atoms with van der Waals surface area (Å²) in [5, 5.41) is 12.2. The van der Waals surface area contributed by atoms with Gasteiger partial charge in [-0.1, -0.05) is 13.8 Å². The predicted molar refractivity (Wildman–Crippen MR) is 88.1 cm³/mol. The molecule has 0 radical (unpaired) electrons. The summed E-state index contributed by atoms with van der Waals surface area (Å²) in [5.41, 5.74) is 1.53. The Labute approximate surface area is 136 Å². The van der Waals surface area contributed by atoms with Crippen molar-refractivity contribution in [1.29, 1.82) is 0 Å². The number of rotatable bonds is 5. The zero-order valence-electron chi connectivity index (χ0n) is 14.0. The van der Waals surface area contributed by atoms with E-state index in [2.05, 4.69) is 29.0 Å². The second kappa shape index (κ2) is 7.55. The molecule has 0 aliphatic carbocycles. The van der Waals surface area contributed by atoms with Crippen molar-refractivity contribution in [2.45, 2.75) is 27.2 Å². The summed E-state index contributed by atoms with van der Waals surface area (Å²) in [5.74, 6) is -1.32. The minimum Gasteiger partial charge on any atom is -0.481 e. The lowest BCUT2D eigenvalue weighted by Crippen LogP contribution is -2.47. The number of aryl methyl sites for hydroxylation is 1. The number of carbonyl (C=O) groups is 2. The number of likely N-dealkylation sites (tertiary alicyclic amines) is 1. The highest BCUT2D eigenvalue weighted by atomic mass is 16.4. The first-order chi connectivity index (χ1) is 10.8. The van der Waals surface area contributed by atoms with Crippen LogP contribution >= 0.6 is 0 Å². The van der Waals surface area contributed by atoms with Crippen LogP contribution in [0.25, 0.3) is 0 Å². The van der Waals surface area contributed by atoms with Crippen molar-refractivity contribution < 1.29 is 14.7 Å². The zero-order chi connectivity index (χ0) is 17.0. The Balaban J connectivity index is 2.04. The number of aliphatic carboxylic acids is 1. The van der Waals surface area contributed by atoms with E-state index in [1.165, 1.54) is 0 Å². The van der Waals surface area contributed by atoms with Gasteiger partial charge in [-0.2, -0.15) is 0 Å². The maximum atomic E-state index is 12.5. The summed E-state index contributed by atoms with van der Waals surface area (Å²) < 4.78 is 0. The van der Waals surface area contributed by atoms with Crippen LogP contribution < -0.4 is 5.32 Å². The van der Waals surface area contributed by atoms with Crippen molar-refractivity contribution in [3.8, 4) is 0 Å². The Morgan fingerprint density at radius 1 is 1.35 bits per heavy atom. The number of carboxylic acids is 1. The molecule has 1 aromatic heterocycles. The average molecular weight is 319 g/mol. The highest BCUT2D eigenvalue weighted by Crippen LogP contribution is 2.24. The zero-order valence-corrected chi connectivity index (χ0v) is 14.0. The van der Waals surface area contributed by atoms with Crippen LogP contribution in [0.3, 0.4) is 0 Å². The van der Waals surface area contributed by atoms with Crippen molar-refractivity contribution in [3.63, 3.8) is 0 Å². The minimum atomic E-state index is -0.826. The van der Waals surface area contributed by atoms with E-state index in [1.54, 1.807) is 6.20 Å². The van der Waals surface area contributed by atoms with Crippen molar-refractivity contribution in [3.05, 3.63) is 24.0 Å². The van der Waals surface area contributed by atoms with E-state index in [4.69, 9.17) is 0 Å². The third-order valence-corrected chi connectivity index (χ3v) is 4.05. The topological polar surface area (TPSA) is 82.5 Å². The summed E-state index contributed by atoms with van der Waals surface area (Å²) in [4.78, 5) is 30.1. The number of carboxylic acid groups (broad SMARTS) is 1. The summed E-state index contributed by atoms with van der Waals surface area (Å²) in [7, 11) is 0. The van der Waals surface area contributed by atoms with Crippen molar-refractivity contribution in [2.24, 2.45) is 17.8 Å². The van der Waals surface area contributed by atoms with Crippen molar-refractivity contribution >= 4 is 17.6 Å². The number of amides is 1. The van der Waals surface area contributed by atoms with E-state index in [-0.39, 0.29) is 11.8 Å². The summed E-state index contributed by atoms with van der Waals surface area (Å²) in [6.07, 6.45) is 2.01. The Kier molecular flexibility index (Phi) is 5.71. The van der Waals surface area contributed by atoms with Gasteiger partial charge in [-0.3, -0.25) is 14.6 Å². The Morgan fingerprint density at radius 3 is 2.61 bits per heavy atom. The molecule has 0 bridgehead atoms. The summed E-state index contributed by atoms with van der Waals surface area (Å²) in [6, 6.07) is 3.64. The average Bonchev–Trinajstić information content (AvgIpc) is 2.48. The van der Waals surface area contributed by atoms with Crippen LogP contribution in [-0.4, -0.2) is 46.5 Å². The predicted octanol–water partition coefficient (Wildman–Crippen LogP) is 2.01. The number of aromatic nitrogens is 1. The van der Waals surface area contributed by atoms with E-state index in [0.717, 1.165) is 12.2 Å². The third kappa shape index (κ3) is 5.03. The number of hydrogen-bond donors (Lipinski definition) is 2. The van der Waals surface area contributed by atoms with E-state index in [1.807, 2.05) is 19.1 Å². The highest BCUT2D eigenvalue weighted by Gasteiger charge is 2.35. The van der Waals surface area contributed by atoms with Gasteiger partial charge in [0, 0.05) is 25.3 Å². The quantitative estimate of drug-likeness (QED) is 0.867. The molecule has 0 unspecified atom stereocenters. The Bertz CT molecular complexity index is 557. The SMILES string of the molecule is Cc1ccc(NC(=O)[C@H]2C[C@H](C(=O)O)CN(CC(C)C)C2)cn1. The number of anilines is 1. The van der Waals surface area contributed by atoms with Gasteiger partial charge in [-0.25, -0.2) is 0 Å². The fourth-order valence-electron chi connectivity index (χ4n) is 3.01. The van der Waals surface area contributed by atoms with Gasteiger partial charge in [0.15, 0.2) is 0 Å². The molecule has 1 aromatic rings. The van der Waals surface area contributed by atoms with Crippen LogP contribution in [0.4, 0.5) is 5.69 Å². The second-order valence-electron chi connectivity index (χ2n) is 6.76. The number of piperidine rings is 1. The van der Waals surface area contributed by atoms with Crippen LogP contribution in [-0.2, 0) is 9.59 Å². The monoisotopic (exact) mass is 319 g/mol. The van der Waals surface area contributed by atoms with Gasteiger partial charge in [0.1, 0.15) is 0 Å². The molecule has 23 heavy (non-hydrogen) atoms. The molecule has 2 rings (SSSR count). The number of carbonyl (C=O) groups excluding carboxylic acids is 1. The Morgan fingerprint density at radius 2 is 2.04 bits per heavy atom. The lowest BCUT2D eigenvalue weighted by Gasteiger charge is -2.36. The molecule has 0 spiro atoms. The molecular weight excluding hydrogens is 294 g/mol. The molecule has 2 atom stereocenters. The number of nitrogens with zero attached hydrogens (tertiary/aromatic N) is 2. The molecule has 1 saturated heterocycles. The third-order valence-electron chi connectivity index (χ3n) is 4.05. The number of nitrogens with one attached hydrogen (secondary N) is 1. The van der Waals surface area contributed by atoms with Gasteiger partial charge in [0.05, 0.1) is 23.7 Å². The molecule has 0 aromatic carbocycles. The molecule has 1 fully saturated rings. The molecule has 0 saturated carbocycles. The molecule has 1 aliphatic heterocycles. The summed E-state index contributed by atoms with van der Waals surface area (Å²) >= 11 is 0. The molecule has 2 N–H and O–H groups in total. The van der Waals surface area contributed by atoms with Crippen molar-refractivity contribution in [2.75, 3.05) is 25.0 Å². The second-order valence-corrected chi connectivity index (χ2v) is 6.76. The van der Waals surface area contributed by atoms with Crippen LogP contribution in [0.5, 0.6) is 0 Å². The standard InChI is InChI=1S/C17H25N3O3/c1-11(2)8-20-9-13(6-14(10-20)17(22)23)16(21)19-15-5-4-12(3)18-7-15/h4-5,7,11,13-14H,6,8-10H2,1-3H3,(H,19,21)(H,22,23)/t13-,14-/m0/s1. The molecule has 1 amide bonds. The van der Waals surface area contributed by atoms with Gasteiger partial charge in [0.25, 0.3) is 0 Å². The normalized spacial score (nSPS) is 22.1. The smallest absolute Gasteiger partial charge is 0.307 e. The summed E-state index contributed by atoms with van der Waals surface area (Å²) in [6.45, 7) is 8.00. The number of hydrogen-bond acceptors (Lipinski definition) is 4. The molecule has 126 valence electrons. The largest absolute Gasteiger partial charge is 0.481 e. The molecule has 1 aliphatic rings. The van der Waals surface area contributed by atoms with Crippen LogP contribution in [0, 0.1) is 24.7 Å². The highest BCUT2D eigenvalue weighted by molar-refractivity contribution is 5.93. The lowest BCUT2D eigenvalue weighted by atomic mass is 9.88. The Hall–Kier alpha value is -1.95. The molecule has 2 heterocycles. The molecule has 6 heteroatoms. The number of pyridine rings is 1. The molecular formula is C17H25N3O3. The maximum Gasteiger partial charge on any atom is 0.307 e. The fourth-order valence-corrected chi connectivity index (χ4v) is 3.01. The van der Waals surface area contributed by atoms with Crippen molar-refractivity contribution in [1.82, 2.24) is 9.88 Å². The maximum absolute atomic E-state index is 12.5. The van der Waals surface area contributed by atoms with Gasteiger partial charge < -0.3 is 15.3 Å². The van der Waals surface area contributed by atoms with E-state index < -0.39 is 11.9 Å². The van der Waals surface area contributed by atoms with Crippen LogP contribution in [0.2, 0.25) is 0 Å². The first-order valence-electron chi connectivity index (χ1n) is 8.03. The molecule has 6 nitrogen and oxygen atoms in total. The van der Waals surface area contributed by atoms with Gasteiger partial charge >= 0.3 is 5.97 Å². The first kappa shape index (κ1) is 17.4. The fraction of sp³-hybridized carbons (Fsp3) is 0.588. The first-order valence-corrected chi connectivity index (χ1v) is 8.03. The van der Waals surface area contributed by atoms with E-state index in [0.29, 0.717) is 31.1 Å². The van der Waals surface area contributed by atoms with E-state index in [9.17, 15) is 14.7 Å². The van der Waals surface area contributed by atoms with Gasteiger partial charge in [-0.15, -0.1) is 0 Å². The van der Waals surface area contributed by atoms with Crippen LogP contribution in [0.15, 0.2) is 18.3 Å². The van der Waals surface area contributed by atoms with E-state index >= 15 is 0 Å². The lowest BCUT2D eigenvalue weighted by molar-refractivity contribution is -0.145. The van der Waals surface area contributed by atoms with Gasteiger partial charge in [-0.05, 0) is 31.4 Å².